The van der Waals surface area contributed by atoms with Crippen LogP contribution >= 0.6 is 0 Å². The molecular weight excluding hydrogens is 246 g/mol. The zero-order valence-corrected chi connectivity index (χ0v) is 10.7. The van der Waals surface area contributed by atoms with Gasteiger partial charge in [-0.15, -0.1) is 0 Å². The van der Waals surface area contributed by atoms with Crippen molar-refractivity contribution in [2.24, 2.45) is 0 Å². The second kappa shape index (κ2) is 6.17. The van der Waals surface area contributed by atoms with E-state index in [0.717, 1.165) is 18.8 Å². The molecule has 1 fully saturated rings. The van der Waals surface area contributed by atoms with E-state index in [9.17, 15) is 14.9 Å². The molecule has 0 unspecified atom stereocenters. The third kappa shape index (κ3) is 3.94. The van der Waals surface area contributed by atoms with Gasteiger partial charge in [0, 0.05) is 29.4 Å². The molecule has 19 heavy (non-hydrogen) atoms. The minimum absolute atomic E-state index is 0.590. The van der Waals surface area contributed by atoms with Gasteiger partial charge in [0.2, 0.25) is 0 Å². The molecule has 0 spiro atoms. The number of carbonyl (C=O) groups is 1. The molecule has 1 amide bonds. The third-order valence-corrected chi connectivity index (χ3v) is 3.14. The molecule has 0 radical (unpaired) electrons. The van der Waals surface area contributed by atoms with Crippen LogP contribution in [0.1, 0.15) is 19.3 Å². The van der Waals surface area contributed by atoms with Gasteiger partial charge in [0.25, 0.3) is 12.5 Å². The smallest absolute Gasteiger partial charge is 0.296 e. The minimum atomic E-state index is -0.701. The summed E-state index contributed by atoms with van der Waals surface area (Å²) in [4.78, 5) is 23.1. The van der Waals surface area contributed by atoms with Crippen LogP contribution in [0.5, 0.6) is 0 Å². The fraction of sp³-hybridized carbons (Fsp3) is 0.462. The lowest BCUT2D eigenvalue weighted by molar-refractivity contribution is -0.467. The minimum Gasteiger partial charge on any atom is -0.372 e. The first kappa shape index (κ1) is 13.3. The molecule has 0 aliphatic carbocycles. The summed E-state index contributed by atoms with van der Waals surface area (Å²) in [6.45, 7) is 1.42. The fourth-order valence-electron chi connectivity index (χ4n) is 2.23. The Hall–Kier alpha value is -2.11. The van der Waals surface area contributed by atoms with Crippen molar-refractivity contribution in [1.29, 1.82) is 0 Å². The Labute approximate surface area is 111 Å². The second-order valence-corrected chi connectivity index (χ2v) is 4.63. The predicted molar refractivity (Wildman–Crippen MR) is 73.0 cm³/mol. The number of anilines is 2. The maximum atomic E-state index is 11.2. The molecule has 1 aliphatic heterocycles. The van der Waals surface area contributed by atoms with Crippen molar-refractivity contribution in [3.63, 3.8) is 0 Å². The quantitative estimate of drug-likeness (QED) is 0.665. The summed E-state index contributed by atoms with van der Waals surface area (Å²) in [7, 11) is 0. The SMILES string of the molecule is O=C(C[N+](=O)[O-])Nc1ccc(N2CCCCC2)cc1. The summed E-state index contributed by atoms with van der Waals surface area (Å²) in [6.07, 6.45) is 3.70. The van der Waals surface area contributed by atoms with Crippen LogP contribution in [0, 0.1) is 10.1 Å². The molecule has 1 aromatic rings. The Morgan fingerprint density at radius 3 is 2.42 bits per heavy atom. The highest BCUT2D eigenvalue weighted by Gasteiger charge is 2.12. The predicted octanol–water partition coefficient (Wildman–Crippen LogP) is 1.89. The summed E-state index contributed by atoms with van der Waals surface area (Å²) >= 11 is 0. The molecular formula is C13H17N3O3. The van der Waals surface area contributed by atoms with Crippen molar-refractivity contribution in [2.75, 3.05) is 29.9 Å². The summed E-state index contributed by atoms with van der Waals surface area (Å²) in [5, 5.41) is 12.7. The fourth-order valence-corrected chi connectivity index (χ4v) is 2.23. The molecule has 1 heterocycles. The van der Waals surface area contributed by atoms with E-state index >= 15 is 0 Å². The first-order valence-corrected chi connectivity index (χ1v) is 6.42. The summed E-state index contributed by atoms with van der Waals surface area (Å²) in [5.74, 6) is -0.601. The standard InChI is InChI=1S/C13H17N3O3/c17-13(10-16(18)19)14-11-4-6-12(7-5-11)15-8-2-1-3-9-15/h4-7H,1-3,8-10H2,(H,14,17). The maximum absolute atomic E-state index is 11.2. The van der Waals surface area contributed by atoms with Crippen LogP contribution in [0.2, 0.25) is 0 Å². The van der Waals surface area contributed by atoms with E-state index < -0.39 is 17.4 Å². The van der Waals surface area contributed by atoms with Crippen LogP contribution in [0.25, 0.3) is 0 Å². The van der Waals surface area contributed by atoms with Gasteiger partial charge < -0.3 is 10.2 Å². The van der Waals surface area contributed by atoms with Gasteiger partial charge in [0.05, 0.1) is 0 Å². The van der Waals surface area contributed by atoms with Crippen molar-refractivity contribution in [3.8, 4) is 0 Å². The number of nitrogens with zero attached hydrogens (tertiary/aromatic N) is 2. The van der Waals surface area contributed by atoms with Gasteiger partial charge in [0.1, 0.15) is 0 Å². The van der Waals surface area contributed by atoms with Gasteiger partial charge in [-0.3, -0.25) is 14.9 Å². The Balaban J connectivity index is 1.94. The average Bonchev–Trinajstić information content (AvgIpc) is 2.39. The number of hydrogen-bond donors (Lipinski definition) is 1. The highest BCUT2D eigenvalue weighted by molar-refractivity contribution is 5.91. The molecule has 102 valence electrons. The largest absolute Gasteiger partial charge is 0.372 e. The Morgan fingerprint density at radius 1 is 1.21 bits per heavy atom. The molecule has 1 aromatic carbocycles. The molecule has 0 saturated carbocycles. The third-order valence-electron chi connectivity index (χ3n) is 3.14. The summed E-state index contributed by atoms with van der Waals surface area (Å²) in [5.41, 5.74) is 1.72. The van der Waals surface area contributed by atoms with E-state index in [1.807, 2.05) is 12.1 Å². The topological polar surface area (TPSA) is 75.5 Å². The van der Waals surface area contributed by atoms with Crippen LogP contribution in [0.4, 0.5) is 11.4 Å². The monoisotopic (exact) mass is 263 g/mol. The van der Waals surface area contributed by atoms with Crippen LogP contribution in [0.15, 0.2) is 24.3 Å². The van der Waals surface area contributed by atoms with Crippen molar-refractivity contribution < 1.29 is 9.72 Å². The van der Waals surface area contributed by atoms with E-state index in [2.05, 4.69) is 10.2 Å². The Bertz CT molecular complexity index is 453. The van der Waals surface area contributed by atoms with Gasteiger partial charge in [-0.25, -0.2) is 0 Å². The molecule has 1 saturated heterocycles. The zero-order chi connectivity index (χ0) is 13.7. The number of nitrogens with one attached hydrogen (secondary N) is 1. The maximum Gasteiger partial charge on any atom is 0.296 e. The molecule has 0 atom stereocenters. The molecule has 6 nitrogen and oxygen atoms in total. The molecule has 1 aliphatic rings. The van der Waals surface area contributed by atoms with Crippen LogP contribution in [-0.2, 0) is 4.79 Å². The summed E-state index contributed by atoms with van der Waals surface area (Å²) in [6, 6.07) is 7.43. The van der Waals surface area contributed by atoms with Crippen molar-refractivity contribution in [1.82, 2.24) is 0 Å². The van der Waals surface area contributed by atoms with E-state index in [0.29, 0.717) is 5.69 Å². The van der Waals surface area contributed by atoms with E-state index in [4.69, 9.17) is 0 Å². The van der Waals surface area contributed by atoms with Crippen LogP contribution in [-0.4, -0.2) is 30.5 Å². The highest BCUT2D eigenvalue weighted by Crippen LogP contribution is 2.21. The number of rotatable bonds is 4. The Kier molecular flexibility index (Phi) is 4.33. The summed E-state index contributed by atoms with van der Waals surface area (Å²) < 4.78 is 0. The number of hydrogen-bond acceptors (Lipinski definition) is 4. The first-order valence-electron chi connectivity index (χ1n) is 6.42. The van der Waals surface area contributed by atoms with Gasteiger partial charge in [-0.1, -0.05) is 0 Å². The number of carbonyl (C=O) groups excluding carboxylic acids is 1. The number of benzene rings is 1. The van der Waals surface area contributed by atoms with E-state index in [-0.39, 0.29) is 0 Å². The second-order valence-electron chi connectivity index (χ2n) is 4.63. The van der Waals surface area contributed by atoms with Gasteiger partial charge in [-0.2, -0.15) is 0 Å². The molecule has 1 N–H and O–H groups in total. The van der Waals surface area contributed by atoms with E-state index in [1.165, 1.54) is 19.3 Å². The van der Waals surface area contributed by atoms with Crippen LogP contribution < -0.4 is 10.2 Å². The zero-order valence-electron chi connectivity index (χ0n) is 10.7. The van der Waals surface area contributed by atoms with Gasteiger partial charge in [-0.05, 0) is 43.5 Å². The van der Waals surface area contributed by atoms with Gasteiger partial charge >= 0.3 is 0 Å². The first-order chi connectivity index (χ1) is 9.15. The van der Waals surface area contributed by atoms with E-state index in [1.54, 1.807) is 12.1 Å². The molecule has 0 aromatic heterocycles. The average molecular weight is 263 g/mol. The van der Waals surface area contributed by atoms with Crippen LogP contribution in [0.3, 0.4) is 0 Å². The normalized spacial score (nSPS) is 15.1. The molecule has 0 bridgehead atoms. The Morgan fingerprint density at radius 2 is 1.84 bits per heavy atom. The number of nitro groups is 1. The molecule has 6 heteroatoms. The number of piperidine rings is 1. The van der Waals surface area contributed by atoms with Crippen molar-refractivity contribution in [3.05, 3.63) is 34.4 Å². The van der Waals surface area contributed by atoms with Crippen molar-refractivity contribution >= 4 is 17.3 Å². The lowest BCUT2D eigenvalue weighted by Crippen LogP contribution is -2.29. The molecule has 2 rings (SSSR count). The van der Waals surface area contributed by atoms with Gasteiger partial charge in [0.15, 0.2) is 0 Å². The highest BCUT2D eigenvalue weighted by atomic mass is 16.6. The lowest BCUT2D eigenvalue weighted by atomic mass is 10.1. The lowest BCUT2D eigenvalue weighted by Gasteiger charge is -2.28. The number of amides is 1. The van der Waals surface area contributed by atoms with Crippen molar-refractivity contribution in [2.45, 2.75) is 19.3 Å².